The maximum Gasteiger partial charge on any atom is 2.00 e. The fourth-order valence-corrected chi connectivity index (χ4v) is 8.16. The van der Waals surface area contributed by atoms with Gasteiger partial charge in [-0.2, -0.15) is 0 Å². The van der Waals surface area contributed by atoms with Gasteiger partial charge >= 0.3 is 16.5 Å². The second-order valence-electron chi connectivity index (χ2n) is 18.0. The van der Waals surface area contributed by atoms with Crippen molar-refractivity contribution in [2.45, 2.75) is 13.8 Å². The summed E-state index contributed by atoms with van der Waals surface area (Å²) >= 11 is 0. The van der Waals surface area contributed by atoms with Crippen LogP contribution in [0.25, 0.3) is 35.7 Å². The Labute approximate surface area is 489 Å². The molecule has 19 heteroatoms. The quantitative estimate of drug-likeness (QED) is 0.0272. The molecule has 8 rings (SSSR count). The van der Waals surface area contributed by atoms with Crippen LogP contribution in [0.15, 0.2) is 201 Å². The number of allylic oxidation sites excluding steroid dienone is 6. The number of ether oxygens (including phenoxy) is 4. The summed E-state index contributed by atoms with van der Waals surface area (Å²) in [7, 11) is 9.33. The summed E-state index contributed by atoms with van der Waals surface area (Å²) in [5.41, 5.74) is 5.46. The average Bonchev–Trinajstić information content (AvgIpc) is 3.84. The Morgan fingerprint density at radius 2 is 0.723 bits per heavy atom. The summed E-state index contributed by atoms with van der Waals surface area (Å²) < 4.78 is 27.1. The van der Waals surface area contributed by atoms with E-state index in [4.69, 9.17) is 18.9 Å². The molecule has 0 aliphatic rings. The SMILES string of the molecule is COc1cc(/C=C/C(/C=C([O-])/C=C/c2ccc(O)c(OC)c2)=Nc2c(C)n(C)n(-c3ccccc3)c2=O)ccc1O.COc1cc(/C=C/C(/C=C([O-])/C=C/c2ccc(O)c(OC)c2)=Nc2c(C)n(C)n(-c3ccccc3)c2=O)ccc1O.[Ni+2]. The smallest absolute Gasteiger partial charge is 0.872 e. The Morgan fingerprint density at radius 1 is 0.446 bits per heavy atom. The molecule has 0 atom stereocenters. The molecule has 0 amide bonds. The molecule has 0 bridgehead atoms. The van der Waals surface area contributed by atoms with Crippen molar-refractivity contribution < 1.29 is 66.1 Å². The van der Waals surface area contributed by atoms with Gasteiger partial charge in [0.2, 0.25) is 0 Å². The summed E-state index contributed by atoms with van der Waals surface area (Å²) in [6, 6.07) is 37.5. The van der Waals surface area contributed by atoms with Crippen molar-refractivity contribution in [3.8, 4) is 57.4 Å². The summed E-state index contributed by atoms with van der Waals surface area (Å²) in [4.78, 5) is 36.1. The number of phenolic OH excluding ortho intramolecular Hbond substituents is 4. The number of benzene rings is 6. The van der Waals surface area contributed by atoms with Gasteiger partial charge in [0.25, 0.3) is 11.1 Å². The largest absolute Gasteiger partial charge is 2.00 e. The molecule has 83 heavy (non-hydrogen) atoms. The Balaban J connectivity index is 0.000000263. The summed E-state index contributed by atoms with van der Waals surface area (Å²) in [5.74, 6) is 0.390. The van der Waals surface area contributed by atoms with Gasteiger partial charge in [0, 0.05) is 14.1 Å². The van der Waals surface area contributed by atoms with E-state index in [1.807, 2.05) is 60.7 Å². The van der Waals surface area contributed by atoms with Crippen LogP contribution < -0.4 is 40.3 Å². The van der Waals surface area contributed by atoms with Gasteiger partial charge in [0.1, 0.15) is 0 Å². The van der Waals surface area contributed by atoms with Gasteiger partial charge in [-0.05, 0) is 133 Å². The van der Waals surface area contributed by atoms with Gasteiger partial charge < -0.3 is 49.6 Å². The molecule has 6 aromatic carbocycles. The van der Waals surface area contributed by atoms with Crippen LogP contribution >= 0.6 is 0 Å². The monoisotopic (exact) mass is 1160 g/mol. The summed E-state index contributed by atoms with van der Waals surface area (Å²) in [5, 5.41) is 65.4. The fraction of sp³-hybridized carbons (Fsp3) is 0.125. The zero-order valence-electron chi connectivity index (χ0n) is 46.5. The molecule has 0 spiro atoms. The van der Waals surface area contributed by atoms with Gasteiger partial charge in [0.05, 0.1) is 62.6 Å². The van der Waals surface area contributed by atoms with E-state index in [1.54, 1.807) is 122 Å². The van der Waals surface area contributed by atoms with E-state index in [9.17, 15) is 40.2 Å². The number of methoxy groups -OCH3 is 4. The molecular formula is C64H60N6NiO12. The molecule has 0 saturated heterocycles. The van der Waals surface area contributed by atoms with Gasteiger partial charge in [-0.25, -0.2) is 19.3 Å². The van der Waals surface area contributed by atoms with E-state index in [0.717, 1.165) is 0 Å². The molecule has 428 valence electrons. The molecule has 4 N–H and O–H groups in total. The van der Waals surface area contributed by atoms with Gasteiger partial charge in [-0.15, -0.1) is 11.5 Å². The van der Waals surface area contributed by atoms with E-state index >= 15 is 0 Å². The Bertz CT molecular complexity index is 3720. The van der Waals surface area contributed by atoms with Crippen LogP contribution in [-0.2, 0) is 30.6 Å². The first-order valence-electron chi connectivity index (χ1n) is 25.3. The predicted octanol–water partition coefficient (Wildman–Crippen LogP) is 9.31. The van der Waals surface area contributed by atoms with Gasteiger partial charge in [-0.3, -0.25) is 19.0 Å². The molecule has 18 nitrogen and oxygen atoms in total. The van der Waals surface area contributed by atoms with Crippen LogP contribution in [0.2, 0.25) is 0 Å². The minimum Gasteiger partial charge on any atom is -0.872 e. The maximum absolute atomic E-state index is 13.4. The van der Waals surface area contributed by atoms with Gasteiger partial charge in [-0.1, -0.05) is 97.1 Å². The average molecular weight is 1160 g/mol. The number of aliphatic imine (C=N–C) groups is 2. The normalized spacial score (nSPS) is 12.2. The van der Waals surface area contributed by atoms with E-state index in [0.29, 0.717) is 56.5 Å². The molecule has 0 aliphatic carbocycles. The number of hydrogen-bond donors (Lipinski definition) is 4. The Morgan fingerprint density at radius 3 is 1.00 bits per heavy atom. The molecule has 2 aromatic heterocycles. The number of aromatic hydroxyl groups is 4. The standard InChI is InChI=1S/2C32H31N3O6.Ni/c2*1-21-31(32(39)35(34(21)2)25-8-6-5-7-9-25)33-24(14-10-22-12-16-27(37)29(18-22)40-3)20-26(36)15-11-23-13-17-28(38)30(19-23)41-4;/h2*5-20,36-38H,1-4H3;/q;;+2/p-2/b2*14-10+,15-11+,26-20-,33-24?;. The van der Waals surface area contributed by atoms with Crippen molar-refractivity contribution >= 4 is 47.1 Å². The first kappa shape index (κ1) is 61.8. The number of aromatic nitrogens is 4. The van der Waals surface area contributed by atoms with E-state index in [1.165, 1.54) is 86.4 Å². The van der Waals surface area contributed by atoms with E-state index in [2.05, 4.69) is 9.98 Å². The van der Waals surface area contributed by atoms with Crippen molar-refractivity contribution in [3.63, 3.8) is 0 Å². The molecule has 0 unspecified atom stereocenters. The third-order valence-corrected chi connectivity index (χ3v) is 12.7. The van der Waals surface area contributed by atoms with Gasteiger partial charge in [0.15, 0.2) is 57.4 Å². The summed E-state index contributed by atoms with van der Waals surface area (Å²) in [6.45, 7) is 3.57. The van der Waals surface area contributed by atoms with E-state index in [-0.39, 0.29) is 96.4 Å². The zero-order chi connectivity index (χ0) is 59.0. The topological polar surface area (TPSA) is 243 Å². The van der Waals surface area contributed by atoms with Crippen molar-refractivity contribution in [2.24, 2.45) is 24.1 Å². The summed E-state index contributed by atoms with van der Waals surface area (Å²) in [6.07, 6.45) is 15.2. The van der Waals surface area contributed by atoms with Crippen LogP contribution in [0.5, 0.6) is 46.0 Å². The second-order valence-corrected chi connectivity index (χ2v) is 18.0. The molecule has 0 radical (unpaired) electrons. The maximum atomic E-state index is 13.4. The van der Waals surface area contributed by atoms with Crippen LogP contribution in [0.3, 0.4) is 0 Å². The number of hydrogen-bond acceptors (Lipinski definition) is 14. The van der Waals surface area contributed by atoms with Crippen LogP contribution in [0.4, 0.5) is 11.4 Å². The minimum atomic E-state index is -0.374. The number of phenols is 4. The third-order valence-electron chi connectivity index (χ3n) is 12.7. The van der Waals surface area contributed by atoms with Crippen molar-refractivity contribution in [3.05, 3.63) is 236 Å². The second kappa shape index (κ2) is 28.7. The molecule has 0 aliphatic heterocycles. The Hall–Kier alpha value is -10.4. The number of nitrogens with zero attached hydrogens (tertiary/aromatic N) is 6. The molecule has 8 aromatic rings. The van der Waals surface area contributed by atoms with Crippen molar-refractivity contribution in [2.75, 3.05) is 28.4 Å². The molecule has 0 saturated carbocycles. The van der Waals surface area contributed by atoms with Crippen LogP contribution in [0, 0.1) is 13.8 Å². The zero-order valence-corrected chi connectivity index (χ0v) is 47.5. The molecule has 2 heterocycles. The predicted molar refractivity (Wildman–Crippen MR) is 317 cm³/mol. The Kier molecular flexibility index (Phi) is 21.3. The fourth-order valence-electron chi connectivity index (χ4n) is 8.16. The first-order valence-corrected chi connectivity index (χ1v) is 25.3. The molecule has 0 fully saturated rings. The number of para-hydroxylation sites is 2. The third kappa shape index (κ3) is 15.5. The molecular weight excluding hydrogens is 1100 g/mol. The van der Waals surface area contributed by atoms with Crippen LogP contribution in [-0.4, -0.2) is 79.0 Å². The minimum absolute atomic E-state index is 0. The van der Waals surface area contributed by atoms with E-state index < -0.39 is 0 Å². The van der Waals surface area contributed by atoms with Crippen molar-refractivity contribution in [1.82, 2.24) is 18.7 Å². The first-order chi connectivity index (χ1) is 39.4. The van der Waals surface area contributed by atoms with Crippen LogP contribution in [0.1, 0.15) is 33.6 Å². The number of rotatable bonds is 18. The van der Waals surface area contributed by atoms with Crippen molar-refractivity contribution in [1.29, 1.82) is 0 Å².